The Labute approximate surface area is 128 Å². The number of hydrogen-bond donors (Lipinski definition) is 2. The Balaban J connectivity index is 3.15. The number of imide groups is 1. The normalized spacial score (nSPS) is 10.7. The van der Waals surface area contributed by atoms with E-state index in [0.717, 1.165) is 4.90 Å². The molecule has 0 unspecified atom stereocenters. The number of amides is 2. The number of benzene rings is 1. The van der Waals surface area contributed by atoms with Crippen molar-refractivity contribution in [3.8, 4) is 6.07 Å². The third-order valence-electron chi connectivity index (χ3n) is 2.82. The number of nitrogens with zero attached hydrogens (tertiary/aromatic N) is 3. The quantitative estimate of drug-likeness (QED) is 0.465. The van der Waals surface area contributed by atoms with Crippen LogP contribution in [0.25, 0.3) is 0 Å². The zero-order chi connectivity index (χ0) is 16.7. The minimum Gasteiger partial charge on any atom is -0.399 e. The first kappa shape index (κ1) is 17.2. The minimum absolute atomic E-state index is 0.117. The van der Waals surface area contributed by atoms with E-state index in [4.69, 9.17) is 16.1 Å². The number of likely N-dealkylation sites (N-methyl/N-ethyl adjacent to an activating group) is 1. The summed E-state index contributed by atoms with van der Waals surface area (Å²) in [7, 11) is 1.61. The van der Waals surface area contributed by atoms with Gasteiger partial charge in [0.25, 0.3) is 5.91 Å². The lowest BCUT2D eigenvalue weighted by molar-refractivity contribution is -0.123. The molecule has 0 aromatic heterocycles. The number of nitriles is 1. The molecule has 0 heterocycles. The first-order valence-corrected chi connectivity index (χ1v) is 6.54. The van der Waals surface area contributed by atoms with Crippen LogP contribution in [-0.2, 0) is 9.59 Å². The van der Waals surface area contributed by atoms with Crippen molar-refractivity contribution in [1.82, 2.24) is 4.90 Å². The zero-order valence-corrected chi connectivity index (χ0v) is 12.5. The van der Waals surface area contributed by atoms with Gasteiger partial charge in [-0.05, 0) is 24.3 Å². The topological polar surface area (TPSA) is 111 Å². The van der Waals surface area contributed by atoms with E-state index in [2.05, 4.69) is 0 Å². The number of nitrogen functional groups attached to an aromatic ring is 1. The fourth-order valence-electron chi connectivity index (χ4n) is 1.76. The number of hydrogen-bond acceptors (Lipinski definition) is 6. The molecule has 2 amide bonds. The standard InChI is InChI=1S/C15H18N4O3/c1-11(21)19(14-5-3-13(17)4-6-14)15(22)12(9-16)10-18(2)7-8-20/h3-6,10,20H,7-8,17H2,1-2H3/b12-10-. The van der Waals surface area contributed by atoms with Gasteiger partial charge < -0.3 is 15.7 Å². The second-order valence-corrected chi connectivity index (χ2v) is 4.61. The summed E-state index contributed by atoms with van der Waals surface area (Å²) in [6.45, 7) is 1.38. The van der Waals surface area contributed by atoms with Crippen molar-refractivity contribution >= 4 is 23.2 Å². The van der Waals surface area contributed by atoms with E-state index in [9.17, 15) is 9.59 Å². The molecule has 116 valence electrons. The van der Waals surface area contributed by atoms with Crippen molar-refractivity contribution in [1.29, 1.82) is 5.26 Å². The molecule has 0 bridgehead atoms. The maximum atomic E-state index is 12.4. The molecular formula is C15H18N4O3. The summed E-state index contributed by atoms with van der Waals surface area (Å²) in [6, 6.07) is 7.96. The van der Waals surface area contributed by atoms with Gasteiger partial charge in [-0.2, -0.15) is 5.26 Å². The lowest BCUT2D eigenvalue weighted by Crippen LogP contribution is -2.36. The summed E-state index contributed by atoms with van der Waals surface area (Å²) < 4.78 is 0. The van der Waals surface area contributed by atoms with E-state index < -0.39 is 11.8 Å². The van der Waals surface area contributed by atoms with Crippen molar-refractivity contribution in [2.45, 2.75) is 6.92 Å². The van der Waals surface area contributed by atoms with Crippen LogP contribution in [0, 0.1) is 11.3 Å². The molecule has 1 aromatic rings. The van der Waals surface area contributed by atoms with E-state index >= 15 is 0 Å². The summed E-state index contributed by atoms with van der Waals surface area (Å²) in [6.07, 6.45) is 1.30. The van der Waals surface area contributed by atoms with Crippen molar-refractivity contribution in [2.75, 3.05) is 30.8 Å². The highest BCUT2D eigenvalue weighted by Gasteiger charge is 2.24. The molecule has 0 fully saturated rings. The molecule has 1 rings (SSSR count). The predicted molar refractivity (Wildman–Crippen MR) is 82.4 cm³/mol. The van der Waals surface area contributed by atoms with E-state index in [1.54, 1.807) is 25.2 Å². The van der Waals surface area contributed by atoms with Crippen molar-refractivity contribution < 1.29 is 14.7 Å². The molecule has 1 aromatic carbocycles. The smallest absolute Gasteiger partial charge is 0.277 e. The molecule has 0 aliphatic heterocycles. The summed E-state index contributed by atoms with van der Waals surface area (Å²) >= 11 is 0. The molecule has 0 radical (unpaired) electrons. The molecule has 0 saturated heterocycles. The number of rotatable bonds is 5. The van der Waals surface area contributed by atoms with Crippen LogP contribution in [-0.4, -0.2) is 42.0 Å². The van der Waals surface area contributed by atoms with Gasteiger partial charge in [-0.25, -0.2) is 4.90 Å². The summed E-state index contributed by atoms with van der Waals surface area (Å²) in [5.74, 6) is -1.25. The Morgan fingerprint density at radius 2 is 1.95 bits per heavy atom. The van der Waals surface area contributed by atoms with Gasteiger partial charge in [0, 0.05) is 32.4 Å². The van der Waals surface area contributed by atoms with Crippen LogP contribution in [0.5, 0.6) is 0 Å². The summed E-state index contributed by atoms with van der Waals surface area (Å²) in [4.78, 5) is 26.6. The van der Waals surface area contributed by atoms with Crippen LogP contribution in [0.4, 0.5) is 11.4 Å². The highest BCUT2D eigenvalue weighted by Crippen LogP contribution is 2.19. The van der Waals surface area contributed by atoms with Gasteiger partial charge in [0.1, 0.15) is 11.6 Å². The number of aliphatic hydroxyl groups is 1. The summed E-state index contributed by atoms with van der Waals surface area (Å²) in [5.41, 5.74) is 6.21. The first-order valence-electron chi connectivity index (χ1n) is 6.54. The first-order chi connectivity index (χ1) is 10.4. The van der Waals surface area contributed by atoms with Gasteiger partial charge in [-0.15, -0.1) is 0 Å². The van der Waals surface area contributed by atoms with Crippen molar-refractivity contribution in [3.05, 3.63) is 36.0 Å². The number of nitrogens with two attached hydrogens (primary N) is 1. The molecule has 0 atom stereocenters. The Hall–Kier alpha value is -2.85. The van der Waals surface area contributed by atoms with Crippen LogP contribution in [0.3, 0.4) is 0 Å². The maximum Gasteiger partial charge on any atom is 0.277 e. The van der Waals surface area contributed by atoms with Crippen LogP contribution in [0.15, 0.2) is 36.0 Å². The third kappa shape index (κ3) is 4.33. The monoisotopic (exact) mass is 302 g/mol. The lowest BCUT2D eigenvalue weighted by Gasteiger charge is -2.20. The van der Waals surface area contributed by atoms with Gasteiger partial charge >= 0.3 is 0 Å². The lowest BCUT2D eigenvalue weighted by atomic mass is 10.2. The van der Waals surface area contributed by atoms with Crippen LogP contribution < -0.4 is 10.6 Å². The molecule has 7 nitrogen and oxygen atoms in total. The van der Waals surface area contributed by atoms with Gasteiger partial charge in [0.2, 0.25) is 5.91 Å². The van der Waals surface area contributed by atoms with Crippen molar-refractivity contribution in [3.63, 3.8) is 0 Å². The van der Waals surface area contributed by atoms with Gasteiger partial charge in [-0.3, -0.25) is 9.59 Å². The molecule has 7 heteroatoms. The predicted octanol–water partition coefficient (Wildman–Crippen LogP) is 0.480. The number of aliphatic hydroxyl groups excluding tert-OH is 1. The minimum atomic E-state index is -0.732. The van der Waals surface area contributed by atoms with Crippen LogP contribution in [0.2, 0.25) is 0 Å². The Bertz CT molecular complexity index is 617. The maximum absolute atomic E-state index is 12.4. The number of carbonyl (C=O) groups excluding carboxylic acids is 2. The average molecular weight is 302 g/mol. The Morgan fingerprint density at radius 1 is 1.36 bits per heavy atom. The largest absolute Gasteiger partial charge is 0.399 e. The van der Waals surface area contributed by atoms with Crippen molar-refractivity contribution in [2.24, 2.45) is 0 Å². The van der Waals surface area contributed by atoms with E-state index in [-0.39, 0.29) is 18.7 Å². The number of anilines is 2. The van der Waals surface area contributed by atoms with Gasteiger partial charge in [-0.1, -0.05) is 0 Å². The fraction of sp³-hybridized carbons (Fsp3) is 0.267. The molecule has 0 spiro atoms. The molecule has 0 saturated carbocycles. The second kappa shape index (κ2) is 7.81. The Kier molecular flexibility index (Phi) is 6.10. The summed E-state index contributed by atoms with van der Waals surface area (Å²) in [5, 5.41) is 18.0. The highest BCUT2D eigenvalue weighted by molar-refractivity contribution is 6.21. The zero-order valence-electron chi connectivity index (χ0n) is 12.5. The van der Waals surface area contributed by atoms with E-state index in [1.165, 1.54) is 30.2 Å². The Morgan fingerprint density at radius 3 is 2.41 bits per heavy atom. The molecular weight excluding hydrogens is 284 g/mol. The molecule has 0 aliphatic carbocycles. The molecule has 3 N–H and O–H groups in total. The molecule has 22 heavy (non-hydrogen) atoms. The van der Waals surface area contributed by atoms with E-state index in [1.807, 2.05) is 0 Å². The van der Waals surface area contributed by atoms with E-state index in [0.29, 0.717) is 11.4 Å². The van der Waals surface area contributed by atoms with Gasteiger partial charge in [0.15, 0.2) is 0 Å². The SMILES string of the molecule is CC(=O)N(C(=O)/C(C#N)=C\N(C)CCO)c1ccc(N)cc1. The average Bonchev–Trinajstić information content (AvgIpc) is 2.46. The third-order valence-corrected chi connectivity index (χ3v) is 2.82. The van der Waals surface area contributed by atoms with Crippen LogP contribution in [0.1, 0.15) is 6.92 Å². The highest BCUT2D eigenvalue weighted by atomic mass is 16.3. The van der Waals surface area contributed by atoms with Crippen LogP contribution >= 0.6 is 0 Å². The second-order valence-electron chi connectivity index (χ2n) is 4.61. The van der Waals surface area contributed by atoms with Gasteiger partial charge in [0.05, 0.1) is 12.3 Å². The molecule has 0 aliphatic rings. The fourth-order valence-corrected chi connectivity index (χ4v) is 1.76. The number of carbonyl (C=O) groups is 2.